The summed E-state index contributed by atoms with van der Waals surface area (Å²) >= 11 is 8.21. The molecule has 108 valence electrons. The SMILES string of the molecule is CC[C@@H]1O[C@@H](n2cc(I)c3c(Cl)ncnc32)[C@H](O)[C@@H]1O. The van der Waals surface area contributed by atoms with Crippen molar-refractivity contribution in [2.75, 3.05) is 0 Å². The molecule has 6 nitrogen and oxygen atoms in total. The van der Waals surface area contributed by atoms with Gasteiger partial charge in [0, 0.05) is 9.77 Å². The molecule has 1 aliphatic heterocycles. The molecule has 20 heavy (non-hydrogen) atoms. The first-order valence-corrected chi connectivity index (χ1v) is 7.68. The highest BCUT2D eigenvalue weighted by Gasteiger charge is 2.43. The molecule has 0 amide bonds. The second-order valence-electron chi connectivity index (χ2n) is 4.70. The van der Waals surface area contributed by atoms with Gasteiger partial charge in [0.25, 0.3) is 0 Å². The van der Waals surface area contributed by atoms with Gasteiger partial charge in [-0.25, -0.2) is 9.97 Å². The summed E-state index contributed by atoms with van der Waals surface area (Å²) in [5.41, 5.74) is 0.586. The number of ether oxygens (including phenoxy) is 1. The normalized spacial score (nSPS) is 30.2. The molecular weight excluding hydrogens is 397 g/mol. The zero-order chi connectivity index (χ0) is 14.4. The lowest BCUT2D eigenvalue weighted by Crippen LogP contribution is -2.31. The van der Waals surface area contributed by atoms with Gasteiger partial charge < -0.3 is 19.5 Å². The minimum atomic E-state index is -1.000. The molecule has 0 aliphatic carbocycles. The molecule has 0 saturated carbocycles. The van der Waals surface area contributed by atoms with Gasteiger partial charge in [-0.15, -0.1) is 0 Å². The fourth-order valence-electron chi connectivity index (χ4n) is 2.50. The molecule has 3 heterocycles. The zero-order valence-corrected chi connectivity index (χ0v) is 13.5. The van der Waals surface area contributed by atoms with Crippen LogP contribution in [0.15, 0.2) is 12.5 Å². The van der Waals surface area contributed by atoms with Crippen molar-refractivity contribution in [2.45, 2.75) is 37.9 Å². The van der Waals surface area contributed by atoms with Crippen LogP contribution in [0.2, 0.25) is 5.15 Å². The summed E-state index contributed by atoms with van der Waals surface area (Å²) in [5.74, 6) is 0. The van der Waals surface area contributed by atoms with Gasteiger partial charge in [-0.3, -0.25) is 0 Å². The number of aliphatic hydroxyl groups is 2. The number of aliphatic hydroxyl groups excluding tert-OH is 2. The molecule has 2 aromatic rings. The summed E-state index contributed by atoms with van der Waals surface area (Å²) in [7, 11) is 0. The molecule has 4 atom stereocenters. The Bertz CT molecular complexity index is 650. The predicted octanol–water partition coefficient (Wildman–Crippen LogP) is 1.72. The van der Waals surface area contributed by atoms with E-state index in [-0.39, 0.29) is 6.10 Å². The van der Waals surface area contributed by atoms with Gasteiger partial charge in [0.1, 0.15) is 29.3 Å². The van der Waals surface area contributed by atoms with Crippen molar-refractivity contribution in [1.82, 2.24) is 14.5 Å². The summed E-state index contributed by atoms with van der Waals surface area (Å²) in [4.78, 5) is 8.16. The van der Waals surface area contributed by atoms with Crippen LogP contribution in [0.3, 0.4) is 0 Å². The van der Waals surface area contributed by atoms with E-state index in [0.717, 1.165) is 8.96 Å². The Balaban J connectivity index is 2.10. The Morgan fingerprint density at radius 3 is 2.80 bits per heavy atom. The Morgan fingerprint density at radius 2 is 2.15 bits per heavy atom. The quantitative estimate of drug-likeness (QED) is 0.583. The van der Waals surface area contributed by atoms with Crippen molar-refractivity contribution >= 4 is 45.2 Å². The molecule has 0 bridgehead atoms. The summed E-state index contributed by atoms with van der Waals surface area (Å²) in [6.45, 7) is 1.90. The van der Waals surface area contributed by atoms with Gasteiger partial charge in [0.15, 0.2) is 6.23 Å². The van der Waals surface area contributed by atoms with E-state index < -0.39 is 18.4 Å². The van der Waals surface area contributed by atoms with Crippen LogP contribution in [0.4, 0.5) is 0 Å². The van der Waals surface area contributed by atoms with Crippen molar-refractivity contribution in [2.24, 2.45) is 0 Å². The van der Waals surface area contributed by atoms with Crippen LogP contribution >= 0.6 is 34.2 Å². The van der Waals surface area contributed by atoms with Gasteiger partial charge in [-0.1, -0.05) is 18.5 Å². The largest absolute Gasteiger partial charge is 0.388 e. The van der Waals surface area contributed by atoms with E-state index in [4.69, 9.17) is 16.3 Å². The van der Waals surface area contributed by atoms with Crippen LogP contribution < -0.4 is 0 Å². The third kappa shape index (κ3) is 2.12. The van der Waals surface area contributed by atoms with Crippen molar-refractivity contribution in [3.8, 4) is 0 Å². The monoisotopic (exact) mass is 409 g/mol. The average molecular weight is 410 g/mol. The summed E-state index contributed by atoms with van der Waals surface area (Å²) in [5, 5.41) is 21.2. The zero-order valence-electron chi connectivity index (χ0n) is 10.6. The van der Waals surface area contributed by atoms with Crippen LogP contribution in [-0.4, -0.2) is 43.1 Å². The van der Waals surface area contributed by atoms with Gasteiger partial charge in [-0.2, -0.15) is 0 Å². The predicted molar refractivity (Wildman–Crippen MR) is 81.5 cm³/mol. The fourth-order valence-corrected chi connectivity index (χ4v) is 3.68. The fraction of sp³-hybridized carbons (Fsp3) is 0.500. The Kier molecular flexibility index (Phi) is 3.89. The molecule has 2 aromatic heterocycles. The highest BCUT2D eigenvalue weighted by Crippen LogP contribution is 2.35. The number of nitrogens with zero attached hydrogens (tertiary/aromatic N) is 3. The molecule has 3 rings (SSSR count). The van der Waals surface area contributed by atoms with Crippen LogP contribution in [0, 0.1) is 3.57 Å². The number of hydrogen-bond donors (Lipinski definition) is 2. The molecule has 2 N–H and O–H groups in total. The van der Waals surface area contributed by atoms with Gasteiger partial charge in [-0.05, 0) is 29.0 Å². The number of aromatic nitrogens is 3. The third-order valence-electron chi connectivity index (χ3n) is 3.53. The second kappa shape index (κ2) is 5.38. The van der Waals surface area contributed by atoms with Crippen molar-refractivity contribution in [3.63, 3.8) is 0 Å². The molecule has 0 unspecified atom stereocenters. The Hall–Kier alpha value is -0.480. The lowest BCUT2D eigenvalue weighted by Gasteiger charge is -2.17. The van der Waals surface area contributed by atoms with E-state index >= 15 is 0 Å². The molecule has 0 aromatic carbocycles. The number of fused-ring (bicyclic) bond motifs is 1. The van der Waals surface area contributed by atoms with Crippen LogP contribution in [-0.2, 0) is 4.74 Å². The highest BCUT2D eigenvalue weighted by atomic mass is 127. The lowest BCUT2D eigenvalue weighted by molar-refractivity contribution is -0.0353. The number of halogens is 2. The lowest BCUT2D eigenvalue weighted by atomic mass is 10.1. The summed E-state index contributed by atoms with van der Waals surface area (Å²) in [6.07, 6.45) is 0.823. The minimum absolute atomic E-state index is 0.359. The maximum absolute atomic E-state index is 10.2. The first kappa shape index (κ1) is 14.5. The molecule has 1 saturated heterocycles. The smallest absolute Gasteiger partial charge is 0.164 e. The summed E-state index contributed by atoms with van der Waals surface area (Å²) < 4.78 is 8.31. The molecule has 8 heteroatoms. The third-order valence-corrected chi connectivity index (χ3v) is 4.64. The van der Waals surface area contributed by atoms with Gasteiger partial charge in [0.05, 0.1) is 11.5 Å². The minimum Gasteiger partial charge on any atom is -0.388 e. The van der Waals surface area contributed by atoms with E-state index in [1.807, 2.05) is 6.92 Å². The molecule has 1 aliphatic rings. The molecule has 0 spiro atoms. The van der Waals surface area contributed by atoms with E-state index in [0.29, 0.717) is 17.2 Å². The van der Waals surface area contributed by atoms with Crippen molar-refractivity contribution < 1.29 is 14.9 Å². The number of rotatable bonds is 2. The van der Waals surface area contributed by atoms with Crippen LogP contribution in [0.25, 0.3) is 11.0 Å². The van der Waals surface area contributed by atoms with E-state index in [1.54, 1.807) is 10.8 Å². The Morgan fingerprint density at radius 1 is 1.40 bits per heavy atom. The van der Waals surface area contributed by atoms with E-state index in [1.165, 1.54) is 6.33 Å². The average Bonchev–Trinajstić information content (AvgIpc) is 2.90. The first-order valence-electron chi connectivity index (χ1n) is 6.22. The standard InChI is InChI=1S/C12H13ClIN3O3/c1-2-6-8(18)9(19)12(20-6)17-3-5(14)7-10(13)15-4-16-11(7)17/h3-4,6,8-9,12,18-19H,2H2,1H3/t6-,8+,9+,12+/m0/s1. The second-order valence-corrected chi connectivity index (χ2v) is 6.22. The maximum Gasteiger partial charge on any atom is 0.164 e. The van der Waals surface area contributed by atoms with Crippen molar-refractivity contribution in [3.05, 3.63) is 21.2 Å². The molecule has 0 radical (unpaired) electrons. The van der Waals surface area contributed by atoms with Crippen LogP contribution in [0.5, 0.6) is 0 Å². The van der Waals surface area contributed by atoms with Crippen molar-refractivity contribution in [1.29, 1.82) is 0 Å². The van der Waals surface area contributed by atoms with E-state index in [9.17, 15) is 10.2 Å². The molecular formula is C12H13ClIN3O3. The summed E-state index contributed by atoms with van der Waals surface area (Å²) in [6, 6.07) is 0. The molecule has 1 fully saturated rings. The highest BCUT2D eigenvalue weighted by molar-refractivity contribution is 14.1. The first-order chi connectivity index (χ1) is 9.54. The topological polar surface area (TPSA) is 80.4 Å². The Labute approximate surface area is 133 Å². The van der Waals surface area contributed by atoms with E-state index in [2.05, 4.69) is 32.6 Å². The van der Waals surface area contributed by atoms with Gasteiger partial charge >= 0.3 is 0 Å². The maximum atomic E-state index is 10.2. The number of hydrogen-bond acceptors (Lipinski definition) is 5. The van der Waals surface area contributed by atoms with Gasteiger partial charge in [0.2, 0.25) is 0 Å². The van der Waals surface area contributed by atoms with Crippen LogP contribution in [0.1, 0.15) is 19.6 Å².